The maximum Gasteiger partial charge on any atom is 0.0424 e. The van der Waals surface area contributed by atoms with E-state index in [1.807, 2.05) is 37.3 Å². The fourth-order valence-corrected chi connectivity index (χ4v) is 2.29. The highest BCUT2D eigenvalue weighted by Crippen LogP contribution is 2.27. The SMILES string of the molecule is CNC(CSC(C)(C)C)c1cccnc1. The standard InChI is InChI=1S/C12H20N2S/c1-12(2,3)15-9-11(13-4)10-6-5-7-14-8-10/h5-8,11,13H,9H2,1-4H3. The van der Waals surface area contributed by atoms with E-state index in [-0.39, 0.29) is 0 Å². The minimum atomic E-state index is 0.317. The van der Waals surface area contributed by atoms with Gasteiger partial charge >= 0.3 is 0 Å². The van der Waals surface area contributed by atoms with Crippen molar-refractivity contribution in [1.82, 2.24) is 10.3 Å². The Balaban J connectivity index is 2.58. The molecule has 1 aromatic heterocycles. The van der Waals surface area contributed by atoms with Gasteiger partial charge in [-0.25, -0.2) is 0 Å². The van der Waals surface area contributed by atoms with Gasteiger partial charge in [-0.15, -0.1) is 0 Å². The number of nitrogens with one attached hydrogen (secondary N) is 1. The van der Waals surface area contributed by atoms with Crippen LogP contribution in [0.1, 0.15) is 32.4 Å². The van der Waals surface area contributed by atoms with Crippen LogP contribution in [0.5, 0.6) is 0 Å². The van der Waals surface area contributed by atoms with Crippen LogP contribution in [0.4, 0.5) is 0 Å². The summed E-state index contributed by atoms with van der Waals surface area (Å²) in [6, 6.07) is 4.50. The molecule has 1 rings (SSSR count). The number of nitrogens with zero attached hydrogens (tertiary/aromatic N) is 1. The molecule has 15 heavy (non-hydrogen) atoms. The third-order valence-electron chi connectivity index (χ3n) is 2.12. The molecule has 0 spiro atoms. The Morgan fingerprint density at radius 1 is 1.47 bits per heavy atom. The maximum absolute atomic E-state index is 4.15. The molecular weight excluding hydrogens is 204 g/mol. The van der Waals surface area contributed by atoms with E-state index < -0.39 is 0 Å². The van der Waals surface area contributed by atoms with E-state index in [1.54, 1.807) is 0 Å². The predicted octanol–water partition coefficient (Wildman–Crippen LogP) is 2.87. The Morgan fingerprint density at radius 2 is 2.20 bits per heavy atom. The van der Waals surface area contributed by atoms with Gasteiger partial charge in [0.15, 0.2) is 0 Å². The minimum absolute atomic E-state index is 0.317. The molecule has 0 aromatic carbocycles. The normalized spacial score (nSPS) is 13.9. The van der Waals surface area contributed by atoms with Gasteiger partial charge in [-0.05, 0) is 18.7 Å². The maximum atomic E-state index is 4.15. The molecule has 3 heteroatoms. The van der Waals surface area contributed by atoms with Gasteiger partial charge in [-0.1, -0.05) is 26.8 Å². The van der Waals surface area contributed by atoms with Crippen molar-refractivity contribution < 1.29 is 0 Å². The van der Waals surface area contributed by atoms with Crippen LogP contribution in [0.25, 0.3) is 0 Å². The average Bonchev–Trinajstić information content (AvgIpc) is 2.19. The molecule has 1 N–H and O–H groups in total. The number of pyridine rings is 1. The Labute approximate surface area is 96.9 Å². The van der Waals surface area contributed by atoms with Crippen LogP contribution in [-0.2, 0) is 0 Å². The second kappa shape index (κ2) is 5.52. The van der Waals surface area contributed by atoms with Crippen LogP contribution < -0.4 is 5.32 Å². The zero-order valence-electron chi connectivity index (χ0n) is 9.95. The summed E-state index contributed by atoms with van der Waals surface area (Å²) >= 11 is 1.97. The van der Waals surface area contributed by atoms with Gasteiger partial charge in [0, 0.05) is 28.9 Å². The summed E-state index contributed by atoms with van der Waals surface area (Å²) in [5.41, 5.74) is 1.26. The summed E-state index contributed by atoms with van der Waals surface area (Å²) in [7, 11) is 2.00. The third-order valence-corrected chi connectivity index (χ3v) is 3.48. The molecule has 0 saturated heterocycles. The second-order valence-corrected chi connectivity index (χ2v) is 6.40. The first-order valence-corrected chi connectivity index (χ1v) is 6.22. The average molecular weight is 224 g/mol. The summed E-state index contributed by atoms with van der Waals surface area (Å²) < 4.78 is 0.317. The predicted molar refractivity (Wildman–Crippen MR) is 68.2 cm³/mol. The molecule has 0 bridgehead atoms. The highest BCUT2D eigenvalue weighted by molar-refractivity contribution is 8.00. The van der Waals surface area contributed by atoms with Crippen LogP contribution in [0.2, 0.25) is 0 Å². The molecule has 1 unspecified atom stereocenters. The first-order chi connectivity index (χ1) is 7.03. The Kier molecular flexibility index (Phi) is 4.61. The highest BCUT2D eigenvalue weighted by Gasteiger charge is 2.15. The molecule has 0 saturated carbocycles. The quantitative estimate of drug-likeness (QED) is 0.851. The zero-order valence-corrected chi connectivity index (χ0v) is 10.8. The molecular formula is C12H20N2S. The number of thioether (sulfide) groups is 1. The highest BCUT2D eigenvalue weighted by atomic mass is 32.2. The van der Waals surface area contributed by atoms with Crippen LogP contribution in [0.3, 0.4) is 0 Å². The van der Waals surface area contributed by atoms with Crippen molar-refractivity contribution in [3.63, 3.8) is 0 Å². The summed E-state index contributed by atoms with van der Waals surface area (Å²) in [4.78, 5) is 4.15. The van der Waals surface area contributed by atoms with Crippen molar-refractivity contribution in [1.29, 1.82) is 0 Å². The van der Waals surface area contributed by atoms with Gasteiger partial charge < -0.3 is 5.32 Å². The lowest BCUT2D eigenvalue weighted by Crippen LogP contribution is -2.21. The molecule has 84 valence electrons. The first-order valence-electron chi connectivity index (χ1n) is 5.24. The van der Waals surface area contributed by atoms with Crippen molar-refractivity contribution in [2.24, 2.45) is 0 Å². The fourth-order valence-electron chi connectivity index (χ4n) is 1.26. The van der Waals surface area contributed by atoms with Crippen LogP contribution >= 0.6 is 11.8 Å². The van der Waals surface area contributed by atoms with E-state index in [0.717, 1.165) is 5.75 Å². The number of hydrogen-bond donors (Lipinski definition) is 1. The Hall–Kier alpha value is -0.540. The van der Waals surface area contributed by atoms with Crippen molar-refractivity contribution in [2.45, 2.75) is 31.6 Å². The summed E-state index contributed by atoms with van der Waals surface area (Å²) in [6.45, 7) is 6.73. The van der Waals surface area contributed by atoms with Crippen LogP contribution in [0.15, 0.2) is 24.5 Å². The van der Waals surface area contributed by atoms with E-state index in [1.165, 1.54) is 5.56 Å². The molecule has 1 atom stereocenters. The van der Waals surface area contributed by atoms with Gasteiger partial charge in [-0.2, -0.15) is 11.8 Å². The van der Waals surface area contributed by atoms with E-state index in [4.69, 9.17) is 0 Å². The van der Waals surface area contributed by atoms with Crippen molar-refractivity contribution in [3.05, 3.63) is 30.1 Å². The lowest BCUT2D eigenvalue weighted by atomic mass is 10.1. The lowest BCUT2D eigenvalue weighted by molar-refractivity contribution is 0.654. The van der Waals surface area contributed by atoms with Crippen molar-refractivity contribution >= 4 is 11.8 Å². The minimum Gasteiger partial charge on any atom is -0.312 e. The molecule has 0 fully saturated rings. The molecule has 0 aliphatic rings. The van der Waals surface area contributed by atoms with E-state index in [9.17, 15) is 0 Å². The lowest BCUT2D eigenvalue weighted by Gasteiger charge is -2.22. The largest absolute Gasteiger partial charge is 0.312 e. The van der Waals surface area contributed by atoms with Gasteiger partial charge in [-0.3, -0.25) is 4.98 Å². The van der Waals surface area contributed by atoms with E-state index >= 15 is 0 Å². The van der Waals surface area contributed by atoms with Crippen LogP contribution in [-0.4, -0.2) is 22.5 Å². The smallest absolute Gasteiger partial charge is 0.0424 e. The molecule has 0 radical (unpaired) electrons. The molecule has 1 aromatic rings. The van der Waals surface area contributed by atoms with Gasteiger partial charge in [0.05, 0.1) is 0 Å². The zero-order chi connectivity index (χ0) is 11.3. The van der Waals surface area contributed by atoms with Gasteiger partial charge in [0.1, 0.15) is 0 Å². The van der Waals surface area contributed by atoms with Gasteiger partial charge in [0.2, 0.25) is 0 Å². The number of rotatable bonds is 4. The fraction of sp³-hybridized carbons (Fsp3) is 0.583. The van der Waals surface area contributed by atoms with E-state index in [2.05, 4.69) is 37.1 Å². The molecule has 0 aliphatic heterocycles. The monoisotopic (exact) mass is 224 g/mol. The first kappa shape index (κ1) is 12.5. The summed E-state index contributed by atoms with van der Waals surface area (Å²) in [6.07, 6.45) is 3.75. The molecule has 0 amide bonds. The Bertz CT molecular complexity index is 279. The summed E-state index contributed by atoms with van der Waals surface area (Å²) in [5.74, 6) is 1.08. The number of hydrogen-bond acceptors (Lipinski definition) is 3. The van der Waals surface area contributed by atoms with Crippen LogP contribution in [0, 0.1) is 0 Å². The van der Waals surface area contributed by atoms with E-state index in [0.29, 0.717) is 10.8 Å². The molecule has 2 nitrogen and oxygen atoms in total. The molecule has 0 aliphatic carbocycles. The Morgan fingerprint density at radius 3 is 2.67 bits per heavy atom. The van der Waals surface area contributed by atoms with Crippen molar-refractivity contribution in [3.8, 4) is 0 Å². The molecule has 1 heterocycles. The second-order valence-electron chi connectivity index (χ2n) is 4.55. The topological polar surface area (TPSA) is 24.9 Å². The van der Waals surface area contributed by atoms with Crippen molar-refractivity contribution in [2.75, 3.05) is 12.8 Å². The summed E-state index contributed by atoms with van der Waals surface area (Å²) in [5, 5.41) is 3.33. The van der Waals surface area contributed by atoms with Gasteiger partial charge in [0.25, 0.3) is 0 Å². The third kappa shape index (κ3) is 4.67. The number of aromatic nitrogens is 1.